The molecule has 1 aliphatic heterocycles. The average Bonchev–Trinajstić information content (AvgIpc) is 2.76. The number of amides is 1. The molecule has 0 radical (unpaired) electrons. The Hall–Kier alpha value is -1.32. The summed E-state index contributed by atoms with van der Waals surface area (Å²) in [5.41, 5.74) is -3.92. The van der Waals surface area contributed by atoms with Crippen molar-refractivity contribution < 1.29 is 28.2 Å². The van der Waals surface area contributed by atoms with Gasteiger partial charge in [-0.15, -0.1) is 0 Å². The van der Waals surface area contributed by atoms with Crippen molar-refractivity contribution in [2.75, 3.05) is 0 Å². The Morgan fingerprint density at radius 2 is 1.88 bits per heavy atom. The fourth-order valence-corrected chi connectivity index (χ4v) is 3.91. The van der Waals surface area contributed by atoms with E-state index in [2.05, 4.69) is 10.3 Å². The number of thioether (sulfide) groups is 1. The Bertz CT molecular complexity index is 694. The molecule has 2 aliphatic rings. The summed E-state index contributed by atoms with van der Waals surface area (Å²) in [6.45, 7) is 5.10. The number of amidine groups is 1. The van der Waals surface area contributed by atoms with Crippen molar-refractivity contribution in [1.29, 1.82) is 0 Å². The van der Waals surface area contributed by atoms with Crippen molar-refractivity contribution >= 4 is 22.8 Å². The maximum absolute atomic E-state index is 12.8. The number of hydrogen-bond donors (Lipinski definition) is 3. The van der Waals surface area contributed by atoms with Crippen LogP contribution in [0.25, 0.3) is 0 Å². The largest absolute Gasteiger partial charge is 0.420 e. The van der Waals surface area contributed by atoms with E-state index in [9.17, 15) is 28.2 Å². The van der Waals surface area contributed by atoms with E-state index in [1.807, 2.05) is 0 Å². The monoisotopic (exact) mass is 392 g/mol. The van der Waals surface area contributed by atoms with Crippen LogP contribution in [0.15, 0.2) is 28.4 Å². The van der Waals surface area contributed by atoms with Gasteiger partial charge in [0.1, 0.15) is 4.75 Å². The van der Waals surface area contributed by atoms with Crippen LogP contribution in [0.2, 0.25) is 0 Å². The van der Waals surface area contributed by atoms with Gasteiger partial charge in [0.2, 0.25) is 5.91 Å². The SMILES string of the molecule is C/C(=C\C=C(/C)C(C)(O)C(F)(F)F)N=C1NC(=O)C(C)(C2(O)CCC2)S1. The molecule has 0 bridgehead atoms. The molecule has 1 saturated heterocycles. The van der Waals surface area contributed by atoms with Gasteiger partial charge < -0.3 is 15.5 Å². The fraction of sp³-hybridized carbons (Fsp3) is 0.647. The third kappa shape index (κ3) is 3.57. The van der Waals surface area contributed by atoms with E-state index in [-0.39, 0.29) is 11.5 Å². The number of alkyl halides is 3. The van der Waals surface area contributed by atoms with Crippen LogP contribution in [0.4, 0.5) is 13.2 Å². The second-order valence-corrected chi connectivity index (χ2v) is 8.53. The molecule has 9 heteroatoms. The van der Waals surface area contributed by atoms with Crippen molar-refractivity contribution in [1.82, 2.24) is 5.32 Å². The molecule has 5 nitrogen and oxygen atoms in total. The molecular formula is C17H23F3N2O3S. The molecule has 0 aromatic heterocycles. The highest BCUT2D eigenvalue weighted by atomic mass is 32.2. The molecule has 1 heterocycles. The first-order valence-corrected chi connectivity index (χ1v) is 9.01. The lowest BCUT2D eigenvalue weighted by atomic mass is 9.71. The first kappa shape index (κ1) is 21.0. The molecule has 0 aromatic rings. The summed E-state index contributed by atoms with van der Waals surface area (Å²) in [5, 5.41) is 23.0. The molecule has 146 valence electrons. The molecule has 1 amide bonds. The number of rotatable bonds is 4. The van der Waals surface area contributed by atoms with Gasteiger partial charge in [-0.3, -0.25) is 4.79 Å². The van der Waals surface area contributed by atoms with Crippen molar-refractivity contribution in [3.8, 4) is 0 Å². The molecule has 2 atom stereocenters. The Morgan fingerprint density at radius 3 is 2.35 bits per heavy atom. The molecule has 26 heavy (non-hydrogen) atoms. The summed E-state index contributed by atoms with van der Waals surface area (Å²) in [6, 6.07) is 0. The first-order chi connectivity index (χ1) is 11.7. The lowest BCUT2D eigenvalue weighted by Crippen LogP contribution is -2.58. The quantitative estimate of drug-likeness (QED) is 0.643. The number of carbonyl (C=O) groups is 1. The van der Waals surface area contributed by atoms with E-state index in [4.69, 9.17) is 0 Å². The van der Waals surface area contributed by atoms with Crippen molar-refractivity contribution in [2.45, 2.75) is 69.1 Å². The number of allylic oxidation sites excluding steroid dienone is 3. The zero-order valence-electron chi connectivity index (χ0n) is 15.1. The van der Waals surface area contributed by atoms with Gasteiger partial charge in [0.05, 0.1) is 5.60 Å². The maximum atomic E-state index is 12.8. The van der Waals surface area contributed by atoms with Gasteiger partial charge in [0, 0.05) is 5.70 Å². The Morgan fingerprint density at radius 1 is 1.31 bits per heavy atom. The molecule has 0 aromatic carbocycles. The summed E-state index contributed by atoms with van der Waals surface area (Å²) in [4.78, 5) is 16.5. The van der Waals surface area contributed by atoms with E-state index in [1.165, 1.54) is 13.0 Å². The van der Waals surface area contributed by atoms with Gasteiger partial charge >= 0.3 is 6.18 Å². The Balaban J connectivity index is 2.16. The number of nitrogens with one attached hydrogen (secondary N) is 1. The van der Waals surface area contributed by atoms with Crippen LogP contribution < -0.4 is 5.32 Å². The van der Waals surface area contributed by atoms with Gasteiger partial charge in [-0.2, -0.15) is 13.2 Å². The zero-order chi connectivity index (χ0) is 20.0. The topological polar surface area (TPSA) is 81.9 Å². The minimum Gasteiger partial charge on any atom is -0.388 e. The van der Waals surface area contributed by atoms with Crippen molar-refractivity contribution in [3.63, 3.8) is 0 Å². The van der Waals surface area contributed by atoms with Gasteiger partial charge in [-0.25, -0.2) is 4.99 Å². The van der Waals surface area contributed by atoms with Crippen LogP contribution in [0, 0.1) is 0 Å². The zero-order valence-corrected chi connectivity index (χ0v) is 15.9. The van der Waals surface area contributed by atoms with E-state index in [1.54, 1.807) is 13.8 Å². The average molecular weight is 392 g/mol. The van der Waals surface area contributed by atoms with Crippen LogP contribution in [-0.4, -0.2) is 43.4 Å². The van der Waals surface area contributed by atoms with Gasteiger partial charge in [-0.05, 0) is 58.6 Å². The van der Waals surface area contributed by atoms with Crippen LogP contribution in [0.5, 0.6) is 0 Å². The third-order valence-corrected chi connectivity index (χ3v) is 6.56. The molecule has 0 spiro atoms. The van der Waals surface area contributed by atoms with E-state index < -0.39 is 22.1 Å². The molecule has 1 saturated carbocycles. The van der Waals surface area contributed by atoms with Crippen molar-refractivity contribution in [3.05, 3.63) is 23.4 Å². The smallest absolute Gasteiger partial charge is 0.388 e. The summed E-state index contributed by atoms with van der Waals surface area (Å²) in [5.74, 6) is -0.331. The second-order valence-electron chi connectivity index (χ2n) is 7.12. The van der Waals surface area contributed by atoms with E-state index in [0.29, 0.717) is 30.6 Å². The summed E-state index contributed by atoms with van der Waals surface area (Å²) < 4.78 is 37.4. The van der Waals surface area contributed by atoms with Crippen LogP contribution in [-0.2, 0) is 4.79 Å². The summed E-state index contributed by atoms with van der Waals surface area (Å²) >= 11 is 1.12. The number of aliphatic imine (C=N–C) groups is 1. The Labute approximate surface area is 154 Å². The van der Waals surface area contributed by atoms with Gasteiger partial charge in [0.15, 0.2) is 10.8 Å². The van der Waals surface area contributed by atoms with Crippen molar-refractivity contribution in [2.24, 2.45) is 4.99 Å². The van der Waals surface area contributed by atoms with E-state index in [0.717, 1.165) is 24.3 Å². The molecule has 2 fully saturated rings. The third-order valence-electron chi connectivity index (χ3n) is 5.20. The molecule has 1 aliphatic carbocycles. The minimum absolute atomic E-state index is 0.277. The highest BCUT2D eigenvalue weighted by Gasteiger charge is 2.60. The number of nitrogens with zero attached hydrogens (tertiary/aromatic N) is 1. The normalized spacial score (nSPS) is 30.8. The lowest BCUT2D eigenvalue weighted by Gasteiger charge is -2.45. The lowest BCUT2D eigenvalue weighted by molar-refractivity contribution is -0.236. The predicted molar refractivity (Wildman–Crippen MR) is 94.6 cm³/mol. The molecule has 2 unspecified atom stereocenters. The predicted octanol–water partition coefficient (Wildman–Crippen LogP) is 3.04. The van der Waals surface area contributed by atoms with E-state index >= 15 is 0 Å². The van der Waals surface area contributed by atoms with Crippen LogP contribution >= 0.6 is 11.8 Å². The molecular weight excluding hydrogens is 369 g/mol. The fourth-order valence-electron chi connectivity index (χ4n) is 2.66. The summed E-state index contributed by atoms with van der Waals surface area (Å²) in [7, 11) is 0. The number of carbonyl (C=O) groups excluding carboxylic acids is 1. The first-order valence-electron chi connectivity index (χ1n) is 8.19. The maximum Gasteiger partial charge on any atom is 0.420 e. The second kappa shape index (κ2) is 6.69. The standard InChI is InChI=1S/C17H23F3N2O3S/c1-10(14(3,24)17(18,19)20)6-7-11(2)21-13-22-12(23)15(4,26-13)16(25)8-5-9-16/h6-7,24-25H,5,8-9H2,1-4H3,(H,21,22,23)/b10-6+,11-7+. The summed E-state index contributed by atoms with van der Waals surface area (Å²) in [6.07, 6.45) is -0.359. The highest BCUT2D eigenvalue weighted by Crippen LogP contribution is 2.50. The van der Waals surface area contributed by atoms with Crippen LogP contribution in [0.3, 0.4) is 0 Å². The van der Waals surface area contributed by atoms with Crippen LogP contribution in [0.1, 0.15) is 47.0 Å². The van der Waals surface area contributed by atoms with Gasteiger partial charge in [-0.1, -0.05) is 17.8 Å². The highest BCUT2D eigenvalue weighted by molar-refractivity contribution is 8.16. The number of aliphatic hydroxyl groups is 2. The number of hydrogen-bond acceptors (Lipinski definition) is 5. The Kier molecular flexibility index (Phi) is 5.40. The number of halogens is 3. The molecule has 2 rings (SSSR count). The van der Waals surface area contributed by atoms with Gasteiger partial charge in [0.25, 0.3) is 0 Å². The molecule has 3 N–H and O–H groups in total. The minimum atomic E-state index is -4.78.